The summed E-state index contributed by atoms with van der Waals surface area (Å²) in [6.07, 6.45) is 1.74. The summed E-state index contributed by atoms with van der Waals surface area (Å²) in [5.74, 6) is 0.424. The number of Topliss-reactive ketones (excluding diaryl/α,β-unsaturated/α-hetero) is 1. The van der Waals surface area contributed by atoms with Crippen molar-refractivity contribution < 1.29 is 4.79 Å². The van der Waals surface area contributed by atoms with Crippen molar-refractivity contribution in [2.45, 2.75) is 39.7 Å². The second kappa shape index (κ2) is 3.17. The van der Waals surface area contributed by atoms with Gasteiger partial charge in [0.25, 0.3) is 0 Å². The van der Waals surface area contributed by atoms with Crippen molar-refractivity contribution >= 4 is 5.78 Å². The molecule has 1 heterocycles. The van der Waals surface area contributed by atoms with Crippen LogP contribution in [0, 0.1) is 5.41 Å². The first-order valence-electron chi connectivity index (χ1n) is 4.63. The summed E-state index contributed by atoms with van der Waals surface area (Å²) >= 11 is 0. The smallest absolute Gasteiger partial charge is 0.151 e. The largest absolute Gasteiger partial charge is 0.298 e. The van der Waals surface area contributed by atoms with Gasteiger partial charge in [-0.05, 0) is 18.9 Å². The molecule has 0 aromatic heterocycles. The summed E-state index contributed by atoms with van der Waals surface area (Å²) < 4.78 is 0. The summed E-state index contributed by atoms with van der Waals surface area (Å²) in [6.45, 7) is 7.50. The van der Waals surface area contributed by atoms with Crippen LogP contribution in [0.25, 0.3) is 0 Å². The minimum absolute atomic E-state index is 0.185. The van der Waals surface area contributed by atoms with Gasteiger partial charge >= 0.3 is 0 Å². The van der Waals surface area contributed by atoms with Gasteiger partial charge in [0.05, 0.1) is 6.04 Å². The minimum Gasteiger partial charge on any atom is -0.298 e. The van der Waals surface area contributed by atoms with Gasteiger partial charge in [0.2, 0.25) is 0 Å². The van der Waals surface area contributed by atoms with Crippen LogP contribution >= 0.6 is 0 Å². The third-order valence-electron chi connectivity index (χ3n) is 2.42. The van der Waals surface area contributed by atoms with Gasteiger partial charge in [0, 0.05) is 13.0 Å². The maximum Gasteiger partial charge on any atom is 0.151 e. The van der Waals surface area contributed by atoms with Gasteiger partial charge in [-0.2, -0.15) is 0 Å². The van der Waals surface area contributed by atoms with Crippen molar-refractivity contribution in [3.8, 4) is 0 Å². The van der Waals surface area contributed by atoms with Gasteiger partial charge in [-0.1, -0.05) is 20.8 Å². The van der Waals surface area contributed by atoms with E-state index < -0.39 is 0 Å². The van der Waals surface area contributed by atoms with Crippen LogP contribution in [-0.2, 0) is 4.79 Å². The van der Waals surface area contributed by atoms with E-state index in [1.165, 1.54) is 0 Å². The second-order valence-corrected chi connectivity index (χ2v) is 4.98. The maximum atomic E-state index is 11.4. The normalized spacial score (nSPS) is 26.7. The predicted molar refractivity (Wildman–Crippen MR) is 50.1 cm³/mol. The van der Waals surface area contributed by atoms with Crippen LogP contribution in [0.5, 0.6) is 0 Å². The van der Waals surface area contributed by atoms with Crippen LogP contribution in [0.2, 0.25) is 0 Å². The Hall–Kier alpha value is -0.370. The molecule has 0 bridgehead atoms. The highest BCUT2D eigenvalue weighted by Crippen LogP contribution is 2.26. The standard InChI is InChI=1S/C10H19NO/c1-10(2,3)7-8-9(12)5-6-11(8)4/h8H,5-7H2,1-4H3. The lowest BCUT2D eigenvalue weighted by molar-refractivity contribution is -0.120. The molecule has 12 heavy (non-hydrogen) atoms. The molecule has 1 fully saturated rings. The number of ketones is 1. The zero-order chi connectivity index (χ0) is 9.35. The molecule has 1 rings (SSSR count). The molecule has 1 saturated heterocycles. The van der Waals surface area contributed by atoms with Crippen molar-refractivity contribution in [3.63, 3.8) is 0 Å². The molecular formula is C10H19NO. The first-order valence-corrected chi connectivity index (χ1v) is 4.63. The van der Waals surface area contributed by atoms with Gasteiger partial charge in [0.1, 0.15) is 0 Å². The van der Waals surface area contributed by atoms with Crippen LogP contribution in [0.4, 0.5) is 0 Å². The molecule has 0 aromatic carbocycles. The zero-order valence-corrected chi connectivity index (χ0v) is 8.55. The summed E-state index contributed by atoms with van der Waals surface area (Å²) in [6, 6.07) is 0.185. The van der Waals surface area contributed by atoms with E-state index in [9.17, 15) is 4.79 Å². The van der Waals surface area contributed by atoms with Crippen molar-refractivity contribution in [2.24, 2.45) is 5.41 Å². The number of hydrogen-bond donors (Lipinski definition) is 0. The number of carbonyl (C=O) groups is 1. The van der Waals surface area contributed by atoms with E-state index in [1.807, 2.05) is 7.05 Å². The topological polar surface area (TPSA) is 20.3 Å². The molecule has 1 unspecified atom stereocenters. The van der Waals surface area contributed by atoms with Gasteiger partial charge in [-0.25, -0.2) is 0 Å². The van der Waals surface area contributed by atoms with Crippen molar-refractivity contribution in [2.75, 3.05) is 13.6 Å². The Labute approximate surface area is 74.9 Å². The molecule has 2 nitrogen and oxygen atoms in total. The molecule has 70 valence electrons. The number of nitrogens with zero attached hydrogens (tertiary/aromatic N) is 1. The van der Waals surface area contributed by atoms with Crippen LogP contribution in [0.1, 0.15) is 33.6 Å². The average Bonchev–Trinajstić information content (AvgIpc) is 2.16. The predicted octanol–water partition coefficient (Wildman–Crippen LogP) is 1.70. The van der Waals surface area contributed by atoms with E-state index in [-0.39, 0.29) is 11.5 Å². The highest BCUT2D eigenvalue weighted by Gasteiger charge is 2.32. The zero-order valence-electron chi connectivity index (χ0n) is 8.55. The number of carbonyl (C=O) groups excluding carboxylic acids is 1. The lowest BCUT2D eigenvalue weighted by atomic mass is 9.87. The van der Waals surface area contributed by atoms with Crippen molar-refractivity contribution in [3.05, 3.63) is 0 Å². The van der Waals surface area contributed by atoms with Crippen LogP contribution < -0.4 is 0 Å². The summed E-state index contributed by atoms with van der Waals surface area (Å²) in [4.78, 5) is 13.6. The second-order valence-electron chi connectivity index (χ2n) is 4.98. The summed E-state index contributed by atoms with van der Waals surface area (Å²) in [5.41, 5.74) is 0.263. The van der Waals surface area contributed by atoms with Crippen LogP contribution in [-0.4, -0.2) is 30.3 Å². The molecule has 0 saturated carbocycles. The van der Waals surface area contributed by atoms with E-state index in [0.29, 0.717) is 5.78 Å². The van der Waals surface area contributed by atoms with Crippen molar-refractivity contribution in [1.82, 2.24) is 4.90 Å². The van der Waals surface area contributed by atoms with Crippen molar-refractivity contribution in [1.29, 1.82) is 0 Å². The van der Waals surface area contributed by atoms with Crippen LogP contribution in [0.3, 0.4) is 0 Å². The Bertz CT molecular complexity index is 181. The first kappa shape index (κ1) is 9.72. The monoisotopic (exact) mass is 169 g/mol. The number of likely N-dealkylation sites (N-methyl/N-ethyl adjacent to an activating group) is 1. The Balaban J connectivity index is 2.56. The van der Waals surface area contributed by atoms with E-state index in [0.717, 1.165) is 19.4 Å². The third kappa shape index (κ3) is 2.31. The average molecular weight is 169 g/mol. The fourth-order valence-electron chi connectivity index (χ4n) is 1.70. The molecule has 1 atom stereocenters. The Morgan fingerprint density at radius 2 is 2.08 bits per heavy atom. The molecule has 2 heteroatoms. The fourth-order valence-corrected chi connectivity index (χ4v) is 1.70. The van der Waals surface area contributed by atoms with Gasteiger partial charge < -0.3 is 0 Å². The Kier molecular flexibility index (Phi) is 2.57. The number of rotatable bonds is 1. The quantitative estimate of drug-likeness (QED) is 0.595. The summed E-state index contributed by atoms with van der Waals surface area (Å²) in [5, 5.41) is 0. The lowest BCUT2D eigenvalue weighted by Gasteiger charge is -2.26. The molecule has 0 aromatic rings. The maximum absolute atomic E-state index is 11.4. The SMILES string of the molecule is CN1CCC(=O)C1CC(C)(C)C. The highest BCUT2D eigenvalue weighted by atomic mass is 16.1. The summed E-state index contributed by atoms with van der Waals surface area (Å²) in [7, 11) is 2.04. The molecule has 0 aliphatic carbocycles. The van der Waals surface area contributed by atoms with Gasteiger partial charge in [-0.3, -0.25) is 9.69 Å². The van der Waals surface area contributed by atoms with E-state index in [1.54, 1.807) is 0 Å². The molecule has 0 radical (unpaired) electrons. The molecule has 0 amide bonds. The third-order valence-corrected chi connectivity index (χ3v) is 2.42. The minimum atomic E-state index is 0.185. The lowest BCUT2D eigenvalue weighted by Crippen LogP contribution is -2.33. The highest BCUT2D eigenvalue weighted by molar-refractivity contribution is 5.86. The Morgan fingerprint density at radius 3 is 2.42 bits per heavy atom. The Morgan fingerprint density at radius 1 is 1.50 bits per heavy atom. The van der Waals surface area contributed by atoms with E-state index in [2.05, 4.69) is 25.7 Å². The first-order chi connectivity index (χ1) is 5.40. The van der Waals surface area contributed by atoms with E-state index in [4.69, 9.17) is 0 Å². The van der Waals surface area contributed by atoms with E-state index >= 15 is 0 Å². The molecular weight excluding hydrogens is 150 g/mol. The molecule has 0 spiro atoms. The fraction of sp³-hybridized carbons (Fsp3) is 0.900. The molecule has 1 aliphatic rings. The van der Waals surface area contributed by atoms with Gasteiger partial charge in [-0.15, -0.1) is 0 Å². The number of hydrogen-bond acceptors (Lipinski definition) is 2. The molecule has 1 aliphatic heterocycles. The number of likely N-dealkylation sites (tertiary alicyclic amines) is 1. The van der Waals surface area contributed by atoms with Gasteiger partial charge in [0.15, 0.2) is 5.78 Å². The molecule has 0 N–H and O–H groups in total. The van der Waals surface area contributed by atoms with Crippen LogP contribution in [0.15, 0.2) is 0 Å².